The summed E-state index contributed by atoms with van der Waals surface area (Å²) in [7, 11) is 0. The molecule has 0 aliphatic rings. The van der Waals surface area contributed by atoms with Crippen LogP contribution in [0.5, 0.6) is 0 Å². The first-order valence-corrected chi connectivity index (χ1v) is 4.75. The van der Waals surface area contributed by atoms with Crippen molar-refractivity contribution in [1.29, 1.82) is 5.26 Å². The summed E-state index contributed by atoms with van der Waals surface area (Å²) in [6.07, 6.45) is -2.70. The summed E-state index contributed by atoms with van der Waals surface area (Å²) in [5, 5.41) is 8.77. The third-order valence-electron chi connectivity index (χ3n) is 1.62. The lowest BCUT2D eigenvalue weighted by molar-refractivity contribution is 0.145. The number of aromatic nitrogens is 1. The first-order chi connectivity index (χ1) is 6.60. The third-order valence-corrected chi connectivity index (χ3v) is 2.23. The molecular weight excluding hydrogens is 256 g/mol. The molecule has 0 aliphatic carbocycles. The van der Waals surface area contributed by atoms with E-state index in [9.17, 15) is 8.78 Å². The molecule has 14 heavy (non-hydrogen) atoms. The minimum absolute atomic E-state index is 0.117. The van der Waals surface area contributed by atoms with Crippen LogP contribution >= 0.6 is 15.9 Å². The van der Waals surface area contributed by atoms with E-state index in [2.05, 4.69) is 20.9 Å². The Balaban J connectivity index is 3.34. The van der Waals surface area contributed by atoms with Crippen LogP contribution < -0.4 is 5.73 Å². The van der Waals surface area contributed by atoms with Gasteiger partial charge in [-0.1, -0.05) is 15.9 Å². The van der Waals surface area contributed by atoms with Crippen molar-refractivity contribution < 1.29 is 8.78 Å². The van der Waals surface area contributed by atoms with Crippen molar-refractivity contribution in [2.75, 3.05) is 5.73 Å². The zero-order chi connectivity index (χ0) is 10.7. The Morgan fingerprint density at radius 2 is 2.29 bits per heavy atom. The molecular formula is C8H6BrF2N3. The van der Waals surface area contributed by atoms with E-state index < -0.39 is 12.1 Å². The lowest BCUT2D eigenvalue weighted by atomic mass is 10.2. The van der Waals surface area contributed by atoms with E-state index in [1.807, 2.05) is 0 Å². The van der Waals surface area contributed by atoms with Gasteiger partial charge < -0.3 is 5.73 Å². The van der Waals surface area contributed by atoms with E-state index in [4.69, 9.17) is 11.0 Å². The minimum atomic E-state index is -2.70. The maximum Gasteiger partial charge on any atom is 0.280 e. The van der Waals surface area contributed by atoms with Crippen molar-refractivity contribution in [3.8, 4) is 6.07 Å². The van der Waals surface area contributed by atoms with Crippen LogP contribution in [0.2, 0.25) is 0 Å². The summed E-state index contributed by atoms with van der Waals surface area (Å²) in [4.78, 5) is 3.49. The fraction of sp³-hybridized carbons (Fsp3) is 0.250. The van der Waals surface area contributed by atoms with Crippen molar-refractivity contribution in [3.05, 3.63) is 23.0 Å². The van der Waals surface area contributed by atoms with Crippen LogP contribution in [-0.4, -0.2) is 4.98 Å². The molecule has 0 atom stereocenters. The first-order valence-electron chi connectivity index (χ1n) is 3.63. The van der Waals surface area contributed by atoms with E-state index in [-0.39, 0.29) is 16.7 Å². The van der Waals surface area contributed by atoms with Crippen LogP contribution in [0, 0.1) is 11.3 Å². The number of nitriles is 1. The van der Waals surface area contributed by atoms with Gasteiger partial charge in [0.15, 0.2) is 5.69 Å². The van der Waals surface area contributed by atoms with Gasteiger partial charge in [0.2, 0.25) is 0 Å². The summed E-state index contributed by atoms with van der Waals surface area (Å²) in [5.74, 6) is 0. The van der Waals surface area contributed by atoms with Gasteiger partial charge in [-0.05, 0) is 11.6 Å². The minimum Gasteiger partial charge on any atom is -0.396 e. The zero-order valence-electron chi connectivity index (χ0n) is 6.97. The molecule has 1 heterocycles. The number of nitrogens with zero attached hydrogens (tertiary/aromatic N) is 2. The van der Waals surface area contributed by atoms with E-state index >= 15 is 0 Å². The standard InChI is InChI=1S/C8H6BrF2N3/c9-2-4-1-5(13)6(3-12)14-7(4)8(10)11/h1,8H,2,13H2. The van der Waals surface area contributed by atoms with E-state index in [1.165, 1.54) is 6.07 Å². The molecule has 1 aromatic rings. The summed E-state index contributed by atoms with van der Waals surface area (Å²) < 4.78 is 24.9. The number of hydrogen-bond donors (Lipinski definition) is 1. The van der Waals surface area contributed by atoms with E-state index in [0.717, 1.165) is 0 Å². The number of rotatable bonds is 2. The molecule has 0 bridgehead atoms. The second-order valence-electron chi connectivity index (χ2n) is 2.52. The second-order valence-corrected chi connectivity index (χ2v) is 3.08. The van der Waals surface area contributed by atoms with Gasteiger partial charge in [-0.25, -0.2) is 13.8 Å². The molecule has 3 nitrogen and oxygen atoms in total. The molecule has 1 rings (SSSR count). The molecule has 0 aliphatic heterocycles. The predicted molar refractivity (Wildman–Crippen MR) is 51.0 cm³/mol. The van der Waals surface area contributed by atoms with E-state index in [0.29, 0.717) is 5.56 Å². The molecule has 6 heteroatoms. The molecule has 1 aromatic heterocycles. The van der Waals surface area contributed by atoms with Crippen molar-refractivity contribution in [3.63, 3.8) is 0 Å². The Morgan fingerprint density at radius 1 is 1.64 bits per heavy atom. The number of anilines is 1. The Kier molecular flexibility index (Phi) is 3.36. The van der Waals surface area contributed by atoms with Gasteiger partial charge in [-0.2, -0.15) is 5.26 Å². The van der Waals surface area contributed by atoms with Crippen LogP contribution in [-0.2, 0) is 5.33 Å². The largest absolute Gasteiger partial charge is 0.396 e. The van der Waals surface area contributed by atoms with Crippen molar-refractivity contribution in [2.45, 2.75) is 11.8 Å². The van der Waals surface area contributed by atoms with Crippen LogP contribution in [0.15, 0.2) is 6.07 Å². The Hall–Kier alpha value is -1.22. The normalized spacial score (nSPS) is 10.2. The lowest BCUT2D eigenvalue weighted by Crippen LogP contribution is -2.03. The topological polar surface area (TPSA) is 62.7 Å². The number of hydrogen-bond acceptors (Lipinski definition) is 3. The van der Waals surface area contributed by atoms with Crippen LogP contribution in [0.25, 0.3) is 0 Å². The van der Waals surface area contributed by atoms with Gasteiger partial charge in [0.25, 0.3) is 6.43 Å². The summed E-state index contributed by atoms with van der Waals surface area (Å²) in [5.41, 5.74) is 5.29. The maximum absolute atomic E-state index is 12.4. The number of halogens is 3. The molecule has 0 fully saturated rings. The van der Waals surface area contributed by atoms with Gasteiger partial charge in [-0.3, -0.25) is 0 Å². The fourth-order valence-corrected chi connectivity index (χ4v) is 1.42. The highest BCUT2D eigenvalue weighted by Crippen LogP contribution is 2.25. The highest BCUT2D eigenvalue weighted by molar-refractivity contribution is 9.08. The fourth-order valence-electron chi connectivity index (χ4n) is 0.972. The molecule has 74 valence electrons. The molecule has 0 spiro atoms. The average Bonchev–Trinajstić information content (AvgIpc) is 2.16. The number of nitrogens with two attached hydrogens (primary N) is 1. The monoisotopic (exact) mass is 261 g/mol. The Morgan fingerprint density at radius 3 is 2.71 bits per heavy atom. The second kappa shape index (κ2) is 4.33. The van der Waals surface area contributed by atoms with Crippen molar-refractivity contribution in [1.82, 2.24) is 4.98 Å². The third kappa shape index (κ3) is 1.99. The van der Waals surface area contributed by atoms with Gasteiger partial charge in [0.1, 0.15) is 11.8 Å². The van der Waals surface area contributed by atoms with Gasteiger partial charge in [0.05, 0.1) is 5.69 Å². The first kappa shape index (κ1) is 10.9. The predicted octanol–water partition coefficient (Wildman–Crippen LogP) is 2.37. The Bertz CT molecular complexity index is 387. The highest BCUT2D eigenvalue weighted by Gasteiger charge is 2.16. The lowest BCUT2D eigenvalue weighted by Gasteiger charge is -2.07. The molecule has 0 amide bonds. The zero-order valence-corrected chi connectivity index (χ0v) is 8.55. The van der Waals surface area contributed by atoms with Gasteiger partial charge >= 0.3 is 0 Å². The van der Waals surface area contributed by atoms with Crippen molar-refractivity contribution >= 4 is 21.6 Å². The quantitative estimate of drug-likeness (QED) is 0.832. The number of nitrogen functional groups attached to an aromatic ring is 1. The van der Waals surface area contributed by atoms with Crippen LogP contribution in [0.1, 0.15) is 23.4 Å². The van der Waals surface area contributed by atoms with Crippen molar-refractivity contribution in [2.24, 2.45) is 0 Å². The molecule has 0 aromatic carbocycles. The number of alkyl halides is 3. The van der Waals surface area contributed by atoms with Gasteiger partial charge in [0, 0.05) is 5.33 Å². The summed E-state index contributed by atoms with van der Waals surface area (Å²) in [6.45, 7) is 0. The molecule has 2 N–H and O–H groups in total. The average molecular weight is 262 g/mol. The van der Waals surface area contributed by atoms with E-state index in [1.54, 1.807) is 6.07 Å². The molecule has 0 saturated heterocycles. The molecule has 0 unspecified atom stereocenters. The summed E-state index contributed by atoms with van der Waals surface area (Å²) >= 11 is 3.05. The van der Waals surface area contributed by atoms with Crippen LogP contribution in [0.3, 0.4) is 0 Å². The van der Waals surface area contributed by atoms with Gasteiger partial charge in [-0.15, -0.1) is 0 Å². The summed E-state index contributed by atoms with van der Waals surface area (Å²) in [6, 6.07) is 2.99. The SMILES string of the molecule is N#Cc1nc(C(F)F)c(CBr)cc1N. The smallest absolute Gasteiger partial charge is 0.280 e. The highest BCUT2D eigenvalue weighted by atomic mass is 79.9. The number of pyridine rings is 1. The molecule has 0 saturated carbocycles. The maximum atomic E-state index is 12.4. The molecule has 0 radical (unpaired) electrons. The van der Waals surface area contributed by atoms with Crippen LogP contribution in [0.4, 0.5) is 14.5 Å². The Labute approximate surface area is 87.7 Å².